The standard InChI is InChI=1S/C11H16ClN3/c1-15(11-6-7-13-8-14-11)10-5-3-2-4-9(10)12/h6-10H,2-5H2,1H3. The summed E-state index contributed by atoms with van der Waals surface area (Å²) in [4.78, 5) is 10.3. The van der Waals surface area contributed by atoms with Crippen molar-refractivity contribution in [2.45, 2.75) is 37.1 Å². The molecule has 0 bridgehead atoms. The van der Waals surface area contributed by atoms with Gasteiger partial charge in [0.25, 0.3) is 0 Å². The number of nitrogens with zero attached hydrogens (tertiary/aromatic N) is 3. The van der Waals surface area contributed by atoms with E-state index in [0.29, 0.717) is 6.04 Å². The highest BCUT2D eigenvalue weighted by Crippen LogP contribution is 2.28. The molecule has 2 rings (SSSR count). The molecule has 0 amide bonds. The van der Waals surface area contributed by atoms with E-state index in [1.807, 2.05) is 6.07 Å². The Labute approximate surface area is 95.5 Å². The van der Waals surface area contributed by atoms with Gasteiger partial charge in [0.05, 0.1) is 5.38 Å². The monoisotopic (exact) mass is 225 g/mol. The van der Waals surface area contributed by atoms with E-state index in [-0.39, 0.29) is 5.38 Å². The summed E-state index contributed by atoms with van der Waals surface area (Å²) in [5, 5.41) is 0.249. The van der Waals surface area contributed by atoms with Crippen LogP contribution >= 0.6 is 11.6 Å². The summed E-state index contributed by atoms with van der Waals surface area (Å²) in [6.07, 6.45) is 8.14. The van der Waals surface area contributed by atoms with Crippen LogP contribution in [0.3, 0.4) is 0 Å². The minimum atomic E-state index is 0.249. The molecule has 0 aliphatic heterocycles. The summed E-state index contributed by atoms with van der Waals surface area (Å²) in [7, 11) is 2.06. The second kappa shape index (κ2) is 4.79. The zero-order chi connectivity index (χ0) is 10.7. The lowest BCUT2D eigenvalue weighted by atomic mass is 9.94. The van der Waals surface area contributed by atoms with E-state index in [2.05, 4.69) is 21.9 Å². The Morgan fingerprint density at radius 3 is 2.87 bits per heavy atom. The van der Waals surface area contributed by atoms with Crippen LogP contribution in [0, 0.1) is 0 Å². The lowest BCUT2D eigenvalue weighted by molar-refractivity contribution is 0.432. The first-order valence-corrected chi connectivity index (χ1v) is 5.85. The number of halogens is 1. The van der Waals surface area contributed by atoms with Gasteiger partial charge in [-0.05, 0) is 18.9 Å². The van der Waals surface area contributed by atoms with Crippen LogP contribution in [-0.4, -0.2) is 28.4 Å². The molecule has 15 heavy (non-hydrogen) atoms. The third-order valence-electron chi connectivity index (χ3n) is 3.07. The Morgan fingerprint density at radius 2 is 2.20 bits per heavy atom. The van der Waals surface area contributed by atoms with Crippen molar-refractivity contribution in [3.8, 4) is 0 Å². The minimum Gasteiger partial charge on any atom is -0.355 e. The smallest absolute Gasteiger partial charge is 0.131 e. The Morgan fingerprint density at radius 1 is 1.40 bits per heavy atom. The Bertz CT molecular complexity index is 304. The van der Waals surface area contributed by atoms with Gasteiger partial charge in [0, 0.05) is 19.3 Å². The third-order valence-corrected chi connectivity index (χ3v) is 3.58. The third kappa shape index (κ3) is 2.40. The van der Waals surface area contributed by atoms with Crippen molar-refractivity contribution in [3.05, 3.63) is 18.6 Å². The number of aromatic nitrogens is 2. The van der Waals surface area contributed by atoms with Crippen LogP contribution in [-0.2, 0) is 0 Å². The highest BCUT2D eigenvalue weighted by atomic mass is 35.5. The van der Waals surface area contributed by atoms with E-state index in [1.54, 1.807) is 12.5 Å². The fraction of sp³-hybridized carbons (Fsp3) is 0.636. The number of hydrogen-bond acceptors (Lipinski definition) is 3. The Hall–Kier alpha value is -0.830. The van der Waals surface area contributed by atoms with Gasteiger partial charge in [-0.15, -0.1) is 11.6 Å². The van der Waals surface area contributed by atoms with Gasteiger partial charge in [-0.2, -0.15) is 0 Å². The Balaban J connectivity index is 2.09. The molecule has 0 spiro atoms. The van der Waals surface area contributed by atoms with Crippen LogP contribution < -0.4 is 4.90 Å². The highest BCUT2D eigenvalue weighted by molar-refractivity contribution is 6.21. The van der Waals surface area contributed by atoms with Gasteiger partial charge in [0.1, 0.15) is 12.1 Å². The molecule has 2 unspecified atom stereocenters. The van der Waals surface area contributed by atoms with Crippen molar-refractivity contribution >= 4 is 17.4 Å². The van der Waals surface area contributed by atoms with Gasteiger partial charge in [0.2, 0.25) is 0 Å². The summed E-state index contributed by atoms with van der Waals surface area (Å²) in [6.45, 7) is 0. The first kappa shape index (κ1) is 10.7. The largest absolute Gasteiger partial charge is 0.355 e. The lowest BCUT2D eigenvalue weighted by Crippen LogP contribution is -2.41. The van der Waals surface area contributed by atoms with Gasteiger partial charge in [-0.25, -0.2) is 9.97 Å². The zero-order valence-electron chi connectivity index (χ0n) is 8.93. The van der Waals surface area contributed by atoms with Crippen molar-refractivity contribution in [3.63, 3.8) is 0 Å². The molecule has 1 aliphatic rings. The molecule has 0 N–H and O–H groups in total. The SMILES string of the molecule is CN(c1ccncn1)C1CCCCC1Cl. The van der Waals surface area contributed by atoms with Gasteiger partial charge in [0.15, 0.2) is 0 Å². The maximum atomic E-state index is 6.34. The molecule has 0 saturated heterocycles. The normalized spacial score (nSPS) is 26.3. The molecule has 82 valence electrons. The first-order chi connectivity index (χ1) is 7.29. The molecular formula is C11H16ClN3. The summed E-state index contributed by atoms with van der Waals surface area (Å²) in [5.41, 5.74) is 0. The quantitative estimate of drug-likeness (QED) is 0.725. The number of anilines is 1. The maximum Gasteiger partial charge on any atom is 0.131 e. The van der Waals surface area contributed by atoms with Crippen LogP contribution in [0.25, 0.3) is 0 Å². The van der Waals surface area contributed by atoms with Crippen LogP contribution in [0.5, 0.6) is 0 Å². The van der Waals surface area contributed by atoms with Gasteiger partial charge < -0.3 is 4.90 Å². The van der Waals surface area contributed by atoms with Gasteiger partial charge in [-0.1, -0.05) is 12.8 Å². The van der Waals surface area contributed by atoms with Crippen molar-refractivity contribution in [2.75, 3.05) is 11.9 Å². The predicted molar refractivity (Wildman–Crippen MR) is 62.3 cm³/mol. The predicted octanol–water partition coefficient (Wildman–Crippen LogP) is 2.46. The van der Waals surface area contributed by atoms with E-state index in [9.17, 15) is 0 Å². The minimum absolute atomic E-state index is 0.249. The molecule has 4 heteroatoms. The zero-order valence-corrected chi connectivity index (χ0v) is 9.69. The van der Waals surface area contributed by atoms with Crippen LogP contribution in [0.2, 0.25) is 0 Å². The van der Waals surface area contributed by atoms with Gasteiger partial charge in [-0.3, -0.25) is 0 Å². The fourth-order valence-electron chi connectivity index (χ4n) is 2.16. The first-order valence-electron chi connectivity index (χ1n) is 5.42. The molecule has 1 fully saturated rings. The van der Waals surface area contributed by atoms with Crippen LogP contribution in [0.1, 0.15) is 25.7 Å². The number of alkyl halides is 1. The number of hydrogen-bond donors (Lipinski definition) is 0. The van der Waals surface area contributed by atoms with E-state index in [0.717, 1.165) is 18.7 Å². The molecule has 0 aromatic carbocycles. The molecule has 1 aliphatic carbocycles. The molecule has 3 nitrogen and oxygen atoms in total. The fourth-order valence-corrected chi connectivity index (χ4v) is 2.61. The van der Waals surface area contributed by atoms with Crippen molar-refractivity contribution in [1.29, 1.82) is 0 Å². The van der Waals surface area contributed by atoms with E-state index < -0.39 is 0 Å². The average molecular weight is 226 g/mol. The molecular weight excluding hydrogens is 210 g/mol. The Kier molecular flexibility index (Phi) is 3.41. The second-order valence-corrected chi connectivity index (χ2v) is 4.61. The molecule has 1 aromatic rings. The highest BCUT2D eigenvalue weighted by Gasteiger charge is 2.27. The topological polar surface area (TPSA) is 29.0 Å². The van der Waals surface area contributed by atoms with Crippen LogP contribution in [0.15, 0.2) is 18.6 Å². The second-order valence-electron chi connectivity index (χ2n) is 4.05. The van der Waals surface area contributed by atoms with Crippen LogP contribution in [0.4, 0.5) is 5.82 Å². The molecule has 2 atom stereocenters. The maximum absolute atomic E-state index is 6.34. The molecule has 0 radical (unpaired) electrons. The lowest BCUT2D eigenvalue weighted by Gasteiger charge is -2.35. The van der Waals surface area contributed by atoms with E-state index in [1.165, 1.54) is 12.8 Å². The summed E-state index contributed by atoms with van der Waals surface area (Å²) >= 11 is 6.34. The number of rotatable bonds is 2. The molecule has 1 heterocycles. The van der Waals surface area contributed by atoms with Crippen molar-refractivity contribution in [2.24, 2.45) is 0 Å². The summed E-state index contributed by atoms with van der Waals surface area (Å²) < 4.78 is 0. The molecule has 1 saturated carbocycles. The molecule has 1 aromatic heterocycles. The average Bonchev–Trinajstić information content (AvgIpc) is 2.30. The van der Waals surface area contributed by atoms with Crippen molar-refractivity contribution < 1.29 is 0 Å². The van der Waals surface area contributed by atoms with E-state index in [4.69, 9.17) is 11.6 Å². The van der Waals surface area contributed by atoms with Crippen molar-refractivity contribution in [1.82, 2.24) is 9.97 Å². The summed E-state index contributed by atoms with van der Waals surface area (Å²) in [6, 6.07) is 2.34. The van der Waals surface area contributed by atoms with Gasteiger partial charge >= 0.3 is 0 Å². The summed E-state index contributed by atoms with van der Waals surface area (Å²) in [5.74, 6) is 0.961. The van der Waals surface area contributed by atoms with E-state index >= 15 is 0 Å².